The number of nitrogens with one attached hydrogen (secondary N) is 1. The number of aliphatic carboxylic acids is 1. The third-order valence-corrected chi connectivity index (χ3v) is 4.22. The van der Waals surface area contributed by atoms with Crippen LogP contribution in [0.5, 0.6) is 0 Å². The largest absolute Gasteiger partial charge is 0.481 e. The second-order valence-corrected chi connectivity index (χ2v) is 5.53. The predicted octanol–water partition coefficient (Wildman–Crippen LogP) is 1.57. The average molecular weight is 268 g/mol. The van der Waals surface area contributed by atoms with Crippen LogP contribution in [0.1, 0.15) is 30.0 Å². The molecule has 98 valence electrons. The van der Waals surface area contributed by atoms with Gasteiger partial charge < -0.3 is 10.4 Å². The van der Waals surface area contributed by atoms with Gasteiger partial charge in [-0.25, -0.2) is 4.98 Å². The van der Waals surface area contributed by atoms with Crippen molar-refractivity contribution in [3.63, 3.8) is 0 Å². The number of carbonyl (C=O) groups is 2. The quantitative estimate of drug-likeness (QED) is 0.868. The topological polar surface area (TPSA) is 79.3 Å². The van der Waals surface area contributed by atoms with Crippen LogP contribution in [0.3, 0.4) is 0 Å². The summed E-state index contributed by atoms with van der Waals surface area (Å²) in [6.07, 6.45) is 2.08. The van der Waals surface area contributed by atoms with Gasteiger partial charge in [0.15, 0.2) is 0 Å². The number of aryl methyl sites for hydroxylation is 1. The zero-order valence-electron chi connectivity index (χ0n) is 10.2. The number of aromatic nitrogens is 1. The molecule has 1 aromatic rings. The van der Waals surface area contributed by atoms with E-state index in [9.17, 15) is 9.59 Å². The van der Waals surface area contributed by atoms with Crippen molar-refractivity contribution in [3.05, 3.63) is 16.1 Å². The molecule has 0 aliphatic heterocycles. The third-order valence-electron chi connectivity index (χ3n) is 3.25. The summed E-state index contributed by atoms with van der Waals surface area (Å²) < 4.78 is 0. The van der Waals surface area contributed by atoms with E-state index in [0.29, 0.717) is 19.4 Å². The maximum absolute atomic E-state index is 11.9. The lowest BCUT2D eigenvalue weighted by Crippen LogP contribution is -2.34. The van der Waals surface area contributed by atoms with Crippen LogP contribution < -0.4 is 5.32 Å². The molecule has 0 aromatic carbocycles. The zero-order valence-corrected chi connectivity index (χ0v) is 11.0. The summed E-state index contributed by atoms with van der Waals surface area (Å²) in [6.45, 7) is 2.29. The van der Waals surface area contributed by atoms with Gasteiger partial charge >= 0.3 is 5.97 Å². The van der Waals surface area contributed by atoms with Gasteiger partial charge in [-0.05, 0) is 19.8 Å². The Morgan fingerprint density at radius 3 is 2.83 bits per heavy atom. The number of hydrogen-bond donors (Lipinski definition) is 2. The highest BCUT2D eigenvalue weighted by molar-refractivity contribution is 7.09. The van der Waals surface area contributed by atoms with E-state index in [-0.39, 0.29) is 11.8 Å². The molecule has 6 heteroatoms. The van der Waals surface area contributed by atoms with Crippen LogP contribution in [-0.2, 0) is 16.1 Å². The van der Waals surface area contributed by atoms with E-state index in [0.717, 1.165) is 17.1 Å². The van der Waals surface area contributed by atoms with E-state index in [1.165, 1.54) is 11.3 Å². The van der Waals surface area contributed by atoms with Gasteiger partial charge in [0.05, 0.1) is 18.4 Å². The van der Waals surface area contributed by atoms with Crippen LogP contribution in [0.4, 0.5) is 0 Å². The van der Waals surface area contributed by atoms with E-state index in [4.69, 9.17) is 5.11 Å². The zero-order chi connectivity index (χ0) is 13.1. The van der Waals surface area contributed by atoms with Crippen LogP contribution in [0.2, 0.25) is 0 Å². The molecular weight excluding hydrogens is 252 g/mol. The molecule has 0 saturated heterocycles. The van der Waals surface area contributed by atoms with Crippen molar-refractivity contribution in [1.29, 1.82) is 0 Å². The van der Waals surface area contributed by atoms with Crippen molar-refractivity contribution in [2.24, 2.45) is 11.8 Å². The van der Waals surface area contributed by atoms with Gasteiger partial charge in [0.2, 0.25) is 5.91 Å². The Morgan fingerprint density at radius 2 is 2.22 bits per heavy atom. The number of amides is 1. The molecule has 0 radical (unpaired) electrons. The van der Waals surface area contributed by atoms with Crippen molar-refractivity contribution in [2.45, 2.75) is 32.7 Å². The predicted molar refractivity (Wildman–Crippen MR) is 67.2 cm³/mol. The molecule has 1 amide bonds. The molecule has 2 unspecified atom stereocenters. The molecular formula is C12H16N2O3S. The first kappa shape index (κ1) is 13.0. The second-order valence-electron chi connectivity index (χ2n) is 4.58. The number of nitrogens with zero attached hydrogens (tertiary/aromatic N) is 1. The summed E-state index contributed by atoms with van der Waals surface area (Å²) >= 11 is 1.50. The Kier molecular flexibility index (Phi) is 3.96. The highest BCUT2D eigenvalue weighted by atomic mass is 32.1. The van der Waals surface area contributed by atoms with Gasteiger partial charge in [-0.15, -0.1) is 11.3 Å². The number of carboxylic acid groups (broad SMARTS) is 1. The van der Waals surface area contributed by atoms with Crippen LogP contribution in [0.15, 0.2) is 5.38 Å². The Labute approximate surface area is 109 Å². The SMILES string of the molecule is Cc1csc(CNC(=O)C2CCCC2C(=O)O)n1. The molecule has 1 saturated carbocycles. The fourth-order valence-corrected chi connectivity index (χ4v) is 3.06. The van der Waals surface area contributed by atoms with Crippen LogP contribution in [0.25, 0.3) is 0 Å². The molecule has 2 atom stereocenters. The standard InChI is InChI=1S/C12H16N2O3S/c1-7-6-18-10(14-7)5-13-11(15)8-3-2-4-9(8)12(16)17/h6,8-9H,2-5H2,1H3,(H,13,15)(H,16,17). The summed E-state index contributed by atoms with van der Waals surface area (Å²) in [5.74, 6) is -1.93. The summed E-state index contributed by atoms with van der Waals surface area (Å²) in [7, 11) is 0. The monoisotopic (exact) mass is 268 g/mol. The van der Waals surface area contributed by atoms with Gasteiger partial charge in [-0.3, -0.25) is 9.59 Å². The van der Waals surface area contributed by atoms with Crippen molar-refractivity contribution in [3.8, 4) is 0 Å². The third kappa shape index (κ3) is 2.87. The molecule has 2 N–H and O–H groups in total. The number of rotatable bonds is 4. The minimum Gasteiger partial charge on any atom is -0.481 e. The van der Waals surface area contributed by atoms with Crippen LogP contribution in [0, 0.1) is 18.8 Å². The average Bonchev–Trinajstić information content (AvgIpc) is 2.94. The van der Waals surface area contributed by atoms with Crippen molar-refractivity contribution >= 4 is 23.2 Å². The summed E-state index contributed by atoms with van der Waals surface area (Å²) in [5.41, 5.74) is 0.938. The van der Waals surface area contributed by atoms with E-state index in [1.54, 1.807) is 0 Å². The first-order chi connectivity index (χ1) is 8.58. The van der Waals surface area contributed by atoms with Crippen LogP contribution >= 0.6 is 11.3 Å². The van der Waals surface area contributed by atoms with E-state index in [2.05, 4.69) is 10.3 Å². The number of thiazole rings is 1. The molecule has 2 rings (SSSR count). The van der Waals surface area contributed by atoms with Gasteiger partial charge in [-0.1, -0.05) is 6.42 Å². The van der Waals surface area contributed by atoms with Gasteiger partial charge in [-0.2, -0.15) is 0 Å². The maximum atomic E-state index is 11.9. The normalized spacial score (nSPS) is 22.9. The minimum absolute atomic E-state index is 0.159. The van der Waals surface area contributed by atoms with Gasteiger partial charge in [0, 0.05) is 11.1 Å². The molecule has 18 heavy (non-hydrogen) atoms. The highest BCUT2D eigenvalue weighted by Crippen LogP contribution is 2.32. The summed E-state index contributed by atoms with van der Waals surface area (Å²) in [6, 6.07) is 0. The van der Waals surface area contributed by atoms with Crippen molar-refractivity contribution in [2.75, 3.05) is 0 Å². The molecule has 5 nitrogen and oxygen atoms in total. The minimum atomic E-state index is -0.863. The van der Waals surface area contributed by atoms with E-state index < -0.39 is 11.9 Å². The lowest BCUT2D eigenvalue weighted by atomic mass is 9.95. The number of hydrogen-bond acceptors (Lipinski definition) is 4. The maximum Gasteiger partial charge on any atom is 0.307 e. The Balaban J connectivity index is 1.89. The van der Waals surface area contributed by atoms with E-state index >= 15 is 0 Å². The smallest absolute Gasteiger partial charge is 0.307 e. The first-order valence-corrected chi connectivity index (χ1v) is 6.87. The summed E-state index contributed by atoms with van der Waals surface area (Å²) in [5, 5.41) is 14.6. The van der Waals surface area contributed by atoms with E-state index in [1.807, 2.05) is 12.3 Å². The molecule has 1 aromatic heterocycles. The first-order valence-electron chi connectivity index (χ1n) is 5.99. The lowest BCUT2D eigenvalue weighted by Gasteiger charge is -2.14. The fraction of sp³-hybridized carbons (Fsp3) is 0.583. The Hall–Kier alpha value is -1.43. The second kappa shape index (κ2) is 5.48. The molecule has 1 heterocycles. The Bertz CT molecular complexity index is 458. The molecule has 1 aliphatic carbocycles. The fourth-order valence-electron chi connectivity index (χ4n) is 2.35. The molecule has 0 spiro atoms. The highest BCUT2D eigenvalue weighted by Gasteiger charge is 2.37. The van der Waals surface area contributed by atoms with Gasteiger partial charge in [0.25, 0.3) is 0 Å². The number of carbonyl (C=O) groups excluding carboxylic acids is 1. The molecule has 1 aliphatic rings. The van der Waals surface area contributed by atoms with Crippen LogP contribution in [-0.4, -0.2) is 22.0 Å². The molecule has 0 bridgehead atoms. The Morgan fingerprint density at radius 1 is 1.50 bits per heavy atom. The number of carboxylic acids is 1. The lowest BCUT2D eigenvalue weighted by molar-refractivity contribution is -0.146. The molecule has 1 fully saturated rings. The summed E-state index contributed by atoms with van der Waals surface area (Å²) in [4.78, 5) is 27.2. The van der Waals surface area contributed by atoms with Gasteiger partial charge in [0.1, 0.15) is 5.01 Å². The van der Waals surface area contributed by atoms with Crippen molar-refractivity contribution in [1.82, 2.24) is 10.3 Å². The van der Waals surface area contributed by atoms with Crippen molar-refractivity contribution < 1.29 is 14.7 Å².